The van der Waals surface area contributed by atoms with Crippen molar-refractivity contribution in [2.24, 2.45) is 5.41 Å². The van der Waals surface area contributed by atoms with Gasteiger partial charge in [0.25, 0.3) is 47.3 Å². The predicted octanol–water partition coefficient (Wildman–Crippen LogP) is -1.28. The second-order valence-corrected chi connectivity index (χ2v) is 14.3. The first-order valence-corrected chi connectivity index (χ1v) is 19.9. The third-order valence-corrected chi connectivity index (χ3v) is 9.20. The molecular weight excluding hydrogens is 864 g/mol. The summed E-state index contributed by atoms with van der Waals surface area (Å²) in [7, 11) is 0. The smallest absolute Gasteiger partial charge is 0.335 e. The molecule has 0 aromatic rings. The zero-order valence-corrected chi connectivity index (χ0v) is 34.2. The highest BCUT2D eigenvalue weighted by Crippen LogP contribution is 2.22. The highest BCUT2D eigenvalue weighted by molar-refractivity contribution is 6.14. The molecule has 4 heterocycles. The summed E-state index contributed by atoms with van der Waals surface area (Å²) in [5.41, 5.74) is -1.16. The van der Waals surface area contributed by atoms with Gasteiger partial charge in [0.2, 0.25) is 11.8 Å². The van der Waals surface area contributed by atoms with Gasteiger partial charge in [-0.25, -0.2) is 9.59 Å². The van der Waals surface area contributed by atoms with E-state index in [1.807, 2.05) is 0 Å². The summed E-state index contributed by atoms with van der Waals surface area (Å²) >= 11 is 0. The molecule has 1 saturated heterocycles. The van der Waals surface area contributed by atoms with E-state index in [4.69, 9.17) is 28.6 Å². The Morgan fingerprint density at radius 2 is 0.815 bits per heavy atom. The minimum atomic E-state index is -1.16. The number of carbonyl (C=O) groups excluding carboxylic acids is 12. The first kappa shape index (κ1) is 54.6. The Kier molecular flexibility index (Phi) is 23.2. The van der Waals surface area contributed by atoms with Crippen LogP contribution in [0, 0.1) is 5.41 Å². The fourth-order valence-electron chi connectivity index (χ4n) is 5.86. The van der Waals surface area contributed by atoms with Crippen molar-refractivity contribution >= 4 is 71.0 Å². The number of imide groups is 4. The largest absolute Gasteiger partial charge is 0.381 e. The Hall–Kier alpha value is -6.50. The van der Waals surface area contributed by atoms with Gasteiger partial charge >= 0.3 is 11.9 Å². The van der Waals surface area contributed by atoms with Crippen LogP contribution < -0.4 is 10.6 Å². The number of hydroxylamine groups is 4. The molecule has 0 bridgehead atoms. The summed E-state index contributed by atoms with van der Waals surface area (Å²) in [4.78, 5) is 155. The minimum absolute atomic E-state index is 0. The van der Waals surface area contributed by atoms with Gasteiger partial charge in [0.15, 0.2) is 0 Å². The number of hydrogen-bond donors (Lipinski definition) is 2. The van der Waals surface area contributed by atoms with Crippen LogP contribution in [0.3, 0.4) is 0 Å². The van der Waals surface area contributed by atoms with E-state index >= 15 is 0 Å². The summed E-state index contributed by atoms with van der Waals surface area (Å²) in [5, 5.41) is 6.06. The molecule has 4 aliphatic rings. The molecule has 2 N–H and O–H groups in total. The summed E-state index contributed by atoms with van der Waals surface area (Å²) < 4.78 is 23.6. The predicted molar refractivity (Wildman–Crippen MR) is 219 cm³/mol. The van der Waals surface area contributed by atoms with E-state index in [1.54, 1.807) is 0 Å². The molecule has 4 rings (SSSR count). The second kappa shape index (κ2) is 27.6. The lowest BCUT2D eigenvalue weighted by Gasteiger charge is -2.33. The molecule has 358 valence electrons. The quantitative estimate of drug-likeness (QED) is 0.0627. The topological polar surface area (TPSA) is 297 Å². The number of rotatable bonds is 30. The van der Waals surface area contributed by atoms with Gasteiger partial charge in [-0.2, -0.15) is 0 Å². The Labute approximate surface area is 374 Å². The van der Waals surface area contributed by atoms with Gasteiger partial charge in [0, 0.05) is 102 Å². The minimum Gasteiger partial charge on any atom is -0.381 e. The van der Waals surface area contributed by atoms with Crippen molar-refractivity contribution in [1.29, 1.82) is 0 Å². The molecule has 0 spiro atoms. The van der Waals surface area contributed by atoms with Crippen molar-refractivity contribution in [2.75, 3.05) is 79.0 Å². The average molecular weight is 921 g/mol. The Balaban J connectivity index is 0.00000726. The number of nitrogens with zero attached hydrogens (tertiary/aromatic N) is 4. The average Bonchev–Trinajstić information content (AvgIpc) is 3.96. The van der Waals surface area contributed by atoms with Crippen molar-refractivity contribution in [1.82, 2.24) is 30.6 Å². The van der Waals surface area contributed by atoms with E-state index in [1.165, 1.54) is 0 Å². The van der Waals surface area contributed by atoms with E-state index in [0.29, 0.717) is 23.0 Å². The maximum Gasteiger partial charge on any atom is 0.335 e. The first-order valence-electron chi connectivity index (χ1n) is 19.9. The highest BCUT2D eigenvalue weighted by atomic mass is 16.7. The van der Waals surface area contributed by atoms with Gasteiger partial charge in [-0.15, -0.1) is 5.06 Å². The number of amides is 10. The van der Waals surface area contributed by atoms with Crippen LogP contribution in [-0.2, 0) is 86.2 Å². The van der Waals surface area contributed by atoms with E-state index in [0.717, 1.165) is 46.3 Å². The zero-order valence-electron chi connectivity index (χ0n) is 34.2. The van der Waals surface area contributed by atoms with Crippen LogP contribution in [0.4, 0.5) is 0 Å². The van der Waals surface area contributed by atoms with E-state index in [2.05, 4.69) is 10.6 Å². The highest BCUT2D eigenvalue weighted by Gasteiger charge is 2.35. The van der Waals surface area contributed by atoms with E-state index in [-0.39, 0.29) is 132 Å². The SMILES string of the molecule is C.C.O=C(CCN1C(=O)C=CC1=O)NCCCOCC(COCCCNC(=O)CCN1C(=O)C=CC1=O)(COCCC(=O)ON1C(=O)C=CC1=O)COCCC(=O)ON1C(=O)CCC1=O. The third kappa shape index (κ3) is 17.9. The molecule has 0 aromatic carbocycles. The molecule has 0 aliphatic carbocycles. The van der Waals surface area contributed by atoms with Gasteiger partial charge in [0.1, 0.15) is 0 Å². The van der Waals surface area contributed by atoms with Crippen molar-refractivity contribution in [2.45, 2.75) is 66.2 Å². The third-order valence-electron chi connectivity index (χ3n) is 9.20. The molecule has 10 amide bonds. The molecule has 0 aromatic heterocycles. The van der Waals surface area contributed by atoms with Gasteiger partial charge in [-0.1, -0.05) is 19.9 Å². The van der Waals surface area contributed by atoms with Gasteiger partial charge < -0.3 is 39.3 Å². The van der Waals surface area contributed by atoms with Gasteiger partial charge in [-0.3, -0.25) is 57.7 Å². The van der Waals surface area contributed by atoms with E-state index in [9.17, 15) is 57.5 Å². The summed E-state index contributed by atoms with van der Waals surface area (Å²) in [5.74, 6) is -7.64. The standard InChI is InChI=1S/C39H48N6O18.2CH4/c46-27(11-17-42-29(48)3-4-30(42)49)40-15-1-19-58-23-39(25-60-21-13-37(56)62-44-33(52)7-8-34(44)53,26-61-22-14-38(57)63-45-35(54)9-10-36(45)55)24-59-20-2-16-41-28(47)12-18-43-31(50)5-6-32(43)51;;/h3-8H,1-2,9-26H2,(H,40,46)(H,41,47);2*1H4. The number of carbonyl (C=O) groups is 12. The fourth-order valence-corrected chi connectivity index (χ4v) is 5.86. The molecule has 24 heteroatoms. The zero-order chi connectivity index (χ0) is 45.8. The molecule has 65 heavy (non-hydrogen) atoms. The fraction of sp³-hybridized carbons (Fsp3) is 0.561. The van der Waals surface area contributed by atoms with Crippen LogP contribution >= 0.6 is 0 Å². The van der Waals surface area contributed by atoms with Gasteiger partial charge in [0.05, 0.1) is 57.9 Å². The van der Waals surface area contributed by atoms with Crippen molar-refractivity contribution < 1.29 is 86.2 Å². The lowest BCUT2D eigenvalue weighted by atomic mass is 9.92. The number of hydrogen-bond acceptors (Lipinski definition) is 18. The molecule has 0 unspecified atom stereocenters. The van der Waals surface area contributed by atoms with Crippen LogP contribution in [0.2, 0.25) is 0 Å². The summed E-state index contributed by atoms with van der Waals surface area (Å²) in [6.45, 7) is -0.748. The van der Waals surface area contributed by atoms with Crippen LogP contribution in [-0.4, -0.2) is 170 Å². The molecule has 1 fully saturated rings. The lowest BCUT2D eigenvalue weighted by Crippen LogP contribution is -2.42. The van der Waals surface area contributed by atoms with Crippen molar-refractivity contribution in [3.63, 3.8) is 0 Å². The molecule has 24 nitrogen and oxygen atoms in total. The maximum absolute atomic E-state index is 12.4. The van der Waals surface area contributed by atoms with Crippen LogP contribution in [0.25, 0.3) is 0 Å². The Morgan fingerprint density at radius 3 is 1.20 bits per heavy atom. The number of ether oxygens (including phenoxy) is 4. The number of nitrogens with one attached hydrogen (secondary N) is 2. The summed E-state index contributed by atoms with van der Waals surface area (Å²) in [6, 6.07) is 0. The second-order valence-electron chi connectivity index (χ2n) is 14.3. The lowest BCUT2D eigenvalue weighted by molar-refractivity contribution is -0.198. The molecule has 0 atom stereocenters. The van der Waals surface area contributed by atoms with Crippen molar-refractivity contribution in [3.8, 4) is 0 Å². The van der Waals surface area contributed by atoms with Crippen LogP contribution in [0.5, 0.6) is 0 Å². The van der Waals surface area contributed by atoms with Gasteiger partial charge in [-0.05, 0) is 12.8 Å². The normalized spacial score (nSPS) is 15.6. The Bertz CT molecular complexity index is 1730. The first-order chi connectivity index (χ1) is 30.2. The van der Waals surface area contributed by atoms with E-state index < -0.39 is 76.4 Å². The van der Waals surface area contributed by atoms with Crippen LogP contribution in [0.1, 0.15) is 66.2 Å². The molecule has 0 saturated carbocycles. The molecule has 4 aliphatic heterocycles. The summed E-state index contributed by atoms with van der Waals surface area (Å²) in [6.07, 6.45) is 5.85. The Morgan fingerprint density at radius 1 is 0.477 bits per heavy atom. The molecule has 0 radical (unpaired) electrons. The maximum atomic E-state index is 12.4. The molecular formula is C41H56N6O18. The van der Waals surface area contributed by atoms with Crippen LogP contribution in [0.15, 0.2) is 36.5 Å². The van der Waals surface area contributed by atoms with Crippen molar-refractivity contribution in [3.05, 3.63) is 36.5 Å². The monoisotopic (exact) mass is 920 g/mol.